The van der Waals surface area contributed by atoms with Crippen molar-refractivity contribution in [2.75, 3.05) is 34.5 Å². The number of ether oxygens (including phenoxy) is 5. The molecule has 14 unspecified atom stereocenters. The number of piperidine rings is 1. The molecule has 0 radical (unpaired) electrons. The molecule has 6 rings (SSSR count). The number of allylic oxidation sites excluding steroid dienone is 4. The number of nitrogens with zero attached hydrogens (tertiary/aromatic N) is 2. The fourth-order valence-electron chi connectivity index (χ4n) is 11.6. The molecule has 1 saturated carbocycles. The normalized spacial score (nSPS) is 35.6. The van der Waals surface area contributed by atoms with E-state index < -0.39 is 77.8 Å². The number of methoxy groups -OCH3 is 3. The lowest BCUT2D eigenvalue weighted by atomic mass is 9.80. The molecular weight excluding hydrogens is 895 g/mol. The standard InChI is InChI=1S/C55H81N3O12/c1-10-13-41-25-33(2)24-34(3)26-48(67-8)51-49(68-9)28-36(5)55(65,70-51)52(62)53(63)58-20-12-11-14-44(58)54(64)69-50(37(6)45(60)31-46(41)61)35(4)27-38-15-17-42(47(30-38)66-7)56-32-39-16-18-43-40(29-39)19-21-57(43)22-23-59/h10,16,18-19,21,25,27,29,34,36-38,41-42,44-45,47-51,56,59-60,65H,1,11-15,17,20,22-24,26,28,30-32H2,2-9H3/b33-25+,35-27?. The minimum Gasteiger partial charge on any atom is -0.456 e. The van der Waals surface area contributed by atoms with E-state index >= 15 is 0 Å². The summed E-state index contributed by atoms with van der Waals surface area (Å²) in [7, 11) is 4.78. The first kappa shape index (κ1) is 55.3. The van der Waals surface area contributed by atoms with E-state index in [0.29, 0.717) is 57.2 Å². The molecule has 3 fully saturated rings. The van der Waals surface area contributed by atoms with Crippen molar-refractivity contribution in [2.45, 2.75) is 173 Å². The maximum absolute atomic E-state index is 14.6. The quantitative estimate of drug-likeness (QED) is 0.104. The maximum Gasteiger partial charge on any atom is 0.329 e. The zero-order valence-electron chi connectivity index (χ0n) is 42.8. The van der Waals surface area contributed by atoms with Gasteiger partial charge in [0.25, 0.3) is 11.7 Å². The summed E-state index contributed by atoms with van der Waals surface area (Å²) in [6, 6.07) is 7.34. The molecule has 14 atom stereocenters. The Morgan fingerprint density at radius 3 is 2.39 bits per heavy atom. The molecule has 2 saturated heterocycles. The zero-order valence-corrected chi connectivity index (χ0v) is 42.8. The molecule has 70 heavy (non-hydrogen) atoms. The summed E-state index contributed by atoms with van der Waals surface area (Å²) >= 11 is 0. The number of benzene rings is 1. The van der Waals surface area contributed by atoms with Gasteiger partial charge in [-0.25, -0.2) is 4.79 Å². The van der Waals surface area contributed by atoms with Gasteiger partial charge >= 0.3 is 5.97 Å². The first-order valence-corrected chi connectivity index (χ1v) is 25.6. The second-order valence-corrected chi connectivity index (χ2v) is 20.8. The molecule has 2 bridgehead atoms. The van der Waals surface area contributed by atoms with Gasteiger partial charge in [0.15, 0.2) is 0 Å². The van der Waals surface area contributed by atoms with Gasteiger partial charge in [0.05, 0.1) is 31.0 Å². The summed E-state index contributed by atoms with van der Waals surface area (Å²) in [4.78, 5) is 58.8. The van der Waals surface area contributed by atoms with Gasteiger partial charge in [-0.3, -0.25) is 14.4 Å². The number of ketones is 2. The summed E-state index contributed by atoms with van der Waals surface area (Å²) < 4.78 is 32.6. The number of hydrogen-bond acceptors (Lipinski definition) is 13. The van der Waals surface area contributed by atoms with Crippen LogP contribution < -0.4 is 5.32 Å². The number of cyclic esters (lactones) is 1. The Bertz CT molecular complexity index is 2190. The summed E-state index contributed by atoms with van der Waals surface area (Å²) in [5, 5.41) is 38.4. The van der Waals surface area contributed by atoms with Crippen molar-refractivity contribution < 1.29 is 58.2 Å². The molecule has 4 aliphatic rings. The van der Waals surface area contributed by atoms with E-state index in [1.165, 1.54) is 19.1 Å². The number of carbonyl (C=O) groups is 4. The smallest absolute Gasteiger partial charge is 0.329 e. The first-order valence-electron chi connectivity index (χ1n) is 25.6. The maximum atomic E-state index is 14.6. The Morgan fingerprint density at radius 1 is 0.957 bits per heavy atom. The summed E-state index contributed by atoms with van der Waals surface area (Å²) in [6.07, 6.45) is 8.42. The summed E-state index contributed by atoms with van der Waals surface area (Å²) in [5.41, 5.74) is 3.87. The van der Waals surface area contributed by atoms with Crippen LogP contribution in [0, 0.1) is 29.6 Å². The number of carbonyl (C=O) groups excluding carboxylic acids is 4. The Kier molecular flexibility index (Phi) is 19.8. The number of esters is 1. The molecule has 4 N–H and O–H groups in total. The molecule has 15 nitrogen and oxygen atoms in total. The van der Waals surface area contributed by atoms with Crippen LogP contribution in [0.1, 0.15) is 111 Å². The van der Waals surface area contributed by atoms with Crippen molar-refractivity contribution in [3.63, 3.8) is 0 Å². The molecule has 2 aromatic rings. The summed E-state index contributed by atoms with van der Waals surface area (Å²) in [6.45, 7) is 14.6. The molecule has 1 aliphatic carbocycles. The molecule has 388 valence electrons. The van der Waals surface area contributed by atoms with Crippen LogP contribution >= 0.6 is 0 Å². The number of fused-ring (bicyclic) bond motifs is 4. The van der Waals surface area contributed by atoms with Crippen molar-refractivity contribution in [1.82, 2.24) is 14.8 Å². The monoisotopic (exact) mass is 976 g/mol. The van der Waals surface area contributed by atoms with Crippen LogP contribution in [-0.4, -0.2) is 137 Å². The third-order valence-corrected chi connectivity index (χ3v) is 15.7. The van der Waals surface area contributed by atoms with Gasteiger partial charge in [0.1, 0.15) is 24.0 Å². The van der Waals surface area contributed by atoms with Gasteiger partial charge in [-0.15, -0.1) is 6.58 Å². The van der Waals surface area contributed by atoms with Gasteiger partial charge in [-0.2, -0.15) is 0 Å². The average molecular weight is 976 g/mol. The number of Topliss-reactive ketones (excluding diaryl/α,β-unsaturated/α-hetero) is 2. The number of rotatable bonds is 12. The van der Waals surface area contributed by atoms with Gasteiger partial charge in [-0.1, -0.05) is 50.6 Å². The fourth-order valence-corrected chi connectivity index (χ4v) is 11.6. The number of hydrogen-bond donors (Lipinski definition) is 4. The van der Waals surface area contributed by atoms with E-state index in [0.717, 1.165) is 34.9 Å². The molecule has 0 spiro atoms. The van der Waals surface area contributed by atoms with Crippen molar-refractivity contribution >= 4 is 34.3 Å². The molecule has 3 aliphatic heterocycles. The fraction of sp³-hybridized carbons (Fsp3) is 0.673. The van der Waals surface area contributed by atoms with Gasteiger partial charge in [0.2, 0.25) is 5.79 Å². The predicted octanol–water partition coefficient (Wildman–Crippen LogP) is 6.38. The summed E-state index contributed by atoms with van der Waals surface area (Å²) in [5.74, 6) is -7.71. The third-order valence-electron chi connectivity index (χ3n) is 15.7. The van der Waals surface area contributed by atoms with Crippen LogP contribution in [0.15, 0.2) is 66.4 Å². The van der Waals surface area contributed by atoms with Gasteiger partial charge in [-0.05, 0) is 125 Å². The van der Waals surface area contributed by atoms with Crippen LogP contribution in [0.4, 0.5) is 0 Å². The van der Waals surface area contributed by atoms with Crippen LogP contribution in [0.25, 0.3) is 10.9 Å². The van der Waals surface area contributed by atoms with E-state index in [9.17, 15) is 34.5 Å². The Labute approximate surface area is 414 Å². The topological polar surface area (TPSA) is 195 Å². The van der Waals surface area contributed by atoms with Crippen molar-refractivity contribution in [3.8, 4) is 0 Å². The molecule has 1 aromatic heterocycles. The second-order valence-electron chi connectivity index (χ2n) is 20.8. The highest BCUT2D eigenvalue weighted by atomic mass is 16.7. The van der Waals surface area contributed by atoms with E-state index in [2.05, 4.69) is 42.2 Å². The predicted molar refractivity (Wildman–Crippen MR) is 266 cm³/mol. The molecule has 15 heteroatoms. The molecule has 1 aromatic carbocycles. The zero-order chi connectivity index (χ0) is 50.9. The van der Waals surface area contributed by atoms with E-state index in [-0.39, 0.29) is 62.2 Å². The lowest BCUT2D eigenvalue weighted by molar-refractivity contribution is -0.302. The SMILES string of the molecule is C=CCC1/C=C(\C)CC(C)CC(OC)C2OC(O)(C(=O)C(=O)N3CCCCC3C(=O)OC(C(C)=CC3CCC(NCc4ccc5c(ccn5CCO)c4)C(OC)C3)C(C)C(O)CC1=O)C(C)CC2OC. The number of aliphatic hydroxyl groups is 3. The van der Waals surface area contributed by atoms with Crippen LogP contribution in [0.2, 0.25) is 0 Å². The molecule has 1 amide bonds. The minimum absolute atomic E-state index is 0.00291. The van der Waals surface area contributed by atoms with Crippen molar-refractivity contribution in [3.05, 3.63) is 72.0 Å². The van der Waals surface area contributed by atoms with E-state index in [4.69, 9.17) is 23.7 Å². The van der Waals surface area contributed by atoms with E-state index in [1.807, 2.05) is 37.6 Å². The largest absolute Gasteiger partial charge is 0.456 e. The number of nitrogens with one attached hydrogen (secondary N) is 1. The average Bonchev–Trinajstić information content (AvgIpc) is 3.75. The lowest BCUT2D eigenvalue weighted by Crippen LogP contribution is -2.64. The first-order chi connectivity index (χ1) is 33.5. The Balaban J connectivity index is 1.28. The van der Waals surface area contributed by atoms with Crippen molar-refractivity contribution in [1.29, 1.82) is 0 Å². The number of aliphatic hydroxyl groups excluding tert-OH is 2. The van der Waals surface area contributed by atoms with Crippen LogP contribution in [-0.2, 0) is 56.0 Å². The molecule has 4 heterocycles. The third kappa shape index (κ3) is 12.9. The highest BCUT2D eigenvalue weighted by Crippen LogP contribution is 2.39. The van der Waals surface area contributed by atoms with Crippen molar-refractivity contribution in [2.24, 2.45) is 29.6 Å². The number of amides is 1. The minimum atomic E-state index is -2.52. The van der Waals surface area contributed by atoms with Crippen LogP contribution in [0.5, 0.6) is 0 Å². The van der Waals surface area contributed by atoms with Gasteiger partial charge in [0, 0.05) is 82.9 Å². The Morgan fingerprint density at radius 2 is 1.69 bits per heavy atom. The molecular formula is C55H81N3O12. The Hall–Kier alpha value is -4.06. The van der Waals surface area contributed by atoms with Gasteiger partial charge < -0.3 is 53.8 Å². The number of aromatic nitrogens is 1. The van der Waals surface area contributed by atoms with E-state index in [1.54, 1.807) is 27.0 Å². The second kappa shape index (κ2) is 25.1. The highest BCUT2D eigenvalue weighted by molar-refractivity contribution is 6.39. The highest BCUT2D eigenvalue weighted by Gasteiger charge is 2.56. The lowest BCUT2D eigenvalue weighted by Gasteiger charge is -2.47. The van der Waals surface area contributed by atoms with Crippen LogP contribution in [0.3, 0.4) is 0 Å².